The molecule has 0 radical (unpaired) electrons. The Hall–Kier alpha value is -2.16. The molecule has 0 fully saturated rings. The lowest BCUT2D eigenvalue weighted by Crippen LogP contribution is -2.54. The van der Waals surface area contributed by atoms with Gasteiger partial charge in [0.2, 0.25) is 18.2 Å². The first-order valence-corrected chi connectivity index (χ1v) is 8.05. The molecule has 0 aliphatic carbocycles. The van der Waals surface area contributed by atoms with E-state index in [1.165, 1.54) is 11.8 Å². The SMILES string of the molecule is CCCCN(C=O)C(=O)N(CCC)CC(=O)NC(C(N)=O)[C@@H](C)O. The standard InChI is InChI=1S/C15H28N4O5/c1-4-6-8-19(10-20)15(24)18(7-5-2)9-12(22)17-13(11(3)21)14(16)23/h10-11,13,21H,4-9H2,1-3H3,(H2,16,23)(H,17,22)/t11-,13?/m1/s1. The molecule has 0 rings (SSSR count). The number of nitrogens with one attached hydrogen (secondary N) is 1. The summed E-state index contributed by atoms with van der Waals surface area (Å²) in [6, 6.07) is -1.80. The van der Waals surface area contributed by atoms with E-state index in [1.54, 1.807) is 0 Å². The molecule has 0 spiro atoms. The Morgan fingerprint density at radius 2 is 1.83 bits per heavy atom. The van der Waals surface area contributed by atoms with Crippen LogP contribution in [-0.2, 0) is 14.4 Å². The zero-order valence-electron chi connectivity index (χ0n) is 14.5. The quantitative estimate of drug-likeness (QED) is 0.432. The van der Waals surface area contributed by atoms with Crippen molar-refractivity contribution < 1.29 is 24.3 Å². The van der Waals surface area contributed by atoms with E-state index in [4.69, 9.17) is 5.73 Å². The van der Waals surface area contributed by atoms with Gasteiger partial charge in [0.1, 0.15) is 12.6 Å². The first-order valence-electron chi connectivity index (χ1n) is 8.05. The summed E-state index contributed by atoms with van der Waals surface area (Å²) >= 11 is 0. The maximum absolute atomic E-state index is 12.4. The summed E-state index contributed by atoms with van der Waals surface area (Å²) < 4.78 is 0. The fraction of sp³-hybridized carbons (Fsp3) is 0.733. The smallest absolute Gasteiger partial charge is 0.326 e. The van der Waals surface area contributed by atoms with Gasteiger partial charge >= 0.3 is 6.03 Å². The molecule has 0 aromatic heterocycles. The first-order chi connectivity index (χ1) is 11.3. The minimum Gasteiger partial charge on any atom is -0.391 e. The van der Waals surface area contributed by atoms with Gasteiger partial charge in [-0.25, -0.2) is 4.79 Å². The van der Waals surface area contributed by atoms with Crippen LogP contribution in [-0.4, -0.2) is 70.9 Å². The van der Waals surface area contributed by atoms with Gasteiger partial charge in [-0.2, -0.15) is 0 Å². The summed E-state index contributed by atoms with van der Waals surface area (Å²) in [5.41, 5.74) is 5.11. The summed E-state index contributed by atoms with van der Waals surface area (Å²) in [4.78, 5) is 48.9. The van der Waals surface area contributed by atoms with Crippen molar-refractivity contribution in [3.05, 3.63) is 0 Å². The molecule has 138 valence electrons. The van der Waals surface area contributed by atoms with E-state index in [2.05, 4.69) is 5.32 Å². The van der Waals surface area contributed by atoms with E-state index in [0.717, 1.165) is 11.3 Å². The molecule has 0 bridgehead atoms. The Morgan fingerprint density at radius 3 is 2.25 bits per heavy atom. The summed E-state index contributed by atoms with van der Waals surface area (Å²) in [6.45, 7) is 5.31. The minimum atomic E-state index is -1.24. The van der Waals surface area contributed by atoms with Gasteiger partial charge in [0.15, 0.2) is 0 Å². The largest absolute Gasteiger partial charge is 0.391 e. The van der Waals surface area contributed by atoms with Crippen LogP contribution in [0.25, 0.3) is 0 Å². The molecule has 9 heteroatoms. The van der Waals surface area contributed by atoms with Crippen LogP contribution in [0.1, 0.15) is 40.0 Å². The van der Waals surface area contributed by atoms with Gasteiger partial charge in [-0.1, -0.05) is 20.3 Å². The highest BCUT2D eigenvalue weighted by Crippen LogP contribution is 2.02. The number of imide groups is 1. The third-order valence-electron chi connectivity index (χ3n) is 3.33. The topological polar surface area (TPSA) is 133 Å². The van der Waals surface area contributed by atoms with Crippen molar-refractivity contribution in [2.45, 2.75) is 52.2 Å². The first kappa shape index (κ1) is 21.8. The number of primary amides is 1. The summed E-state index contributed by atoms with van der Waals surface area (Å²) in [5.74, 6) is -1.51. The van der Waals surface area contributed by atoms with E-state index in [1.807, 2.05) is 13.8 Å². The molecule has 5 amide bonds. The Morgan fingerprint density at radius 1 is 1.21 bits per heavy atom. The number of aliphatic hydroxyl groups is 1. The van der Waals surface area contributed by atoms with Crippen LogP contribution in [0.4, 0.5) is 4.79 Å². The lowest BCUT2D eigenvalue weighted by Gasteiger charge is -2.27. The van der Waals surface area contributed by atoms with Crippen LogP contribution < -0.4 is 11.1 Å². The summed E-state index contributed by atoms with van der Waals surface area (Å²) in [5, 5.41) is 11.7. The van der Waals surface area contributed by atoms with Crippen molar-refractivity contribution in [3.8, 4) is 0 Å². The number of amides is 5. The minimum absolute atomic E-state index is 0.276. The number of hydrogen-bond acceptors (Lipinski definition) is 5. The Kier molecular flexibility index (Phi) is 10.4. The third-order valence-corrected chi connectivity index (χ3v) is 3.33. The number of aliphatic hydroxyl groups excluding tert-OH is 1. The molecule has 0 aromatic rings. The number of nitrogens with zero attached hydrogens (tertiary/aromatic N) is 2. The molecule has 9 nitrogen and oxygen atoms in total. The number of urea groups is 1. The molecule has 2 atom stereocenters. The van der Waals surface area contributed by atoms with Crippen molar-refractivity contribution in [1.82, 2.24) is 15.1 Å². The van der Waals surface area contributed by atoms with E-state index < -0.39 is 30.0 Å². The molecule has 0 saturated carbocycles. The lowest BCUT2D eigenvalue weighted by atomic mass is 10.1. The molecule has 1 unspecified atom stereocenters. The summed E-state index contributed by atoms with van der Waals surface area (Å²) in [7, 11) is 0. The van der Waals surface area contributed by atoms with Crippen molar-refractivity contribution in [3.63, 3.8) is 0 Å². The highest BCUT2D eigenvalue weighted by Gasteiger charge is 2.26. The average molecular weight is 344 g/mol. The predicted octanol–water partition coefficient (Wildman–Crippen LogP) is -0.572. The molecule has 24 heavy (non-hydrogen) atoms. The second kappa shape index (κ2) is 11.4. The van der Waals surface area contributed by atoms with Gasteiger partial charge in [-0.3, -0.25) is 19.3 Å². The second-order valence-corrected chi connectivity index (χ2v) is 5.54. The zero-order valence-corrected chi connectivity index (χ0v) is 14.5. The predicted molar refractivity (Wildman–Crippen MR) is 87.7 cm³/mol. The fourth-order valence-electron chi connectivity index (χ4n) is 2.04. The second-order valence-electron chi connectivity index (χ2n) is 5.54. The van der Waals surface area contributed by atoms with Gasteiger partial charge < -0.3 is 21.1 Å². The van der Waals surface area contributed by atoms with Crippen LogP contribution in [0.5, 0.6) is 0 Å². The number of hydrogen-bond donors (Lipinski definition) is 3. The normalized spacial score (nSPS) is 12.8. The Balaban J connectivity index is 4.92. The van der Waals surface area contributed by atoms with Crippen LogP contribution in [0, 0.1) is 0 Å². The van der Waals surface area contributed by atoms with Crippen molar-refractivity contribution in [2.24, 2.45) is 5.73 Å². The fourth-order valence-corrected chi connectivity index (χ4v) is 2.04. The van der Waals surface area contributed by atoms with Crippen LogP contribution in [0.2, 0.25) is 0 Å². The number of nitrogens with two attached hydrogens (primary N) is 1. The van der Waals surface area contributed by atoms with Gasteiger partial charge in [0.25, 0.3) is 0 Å². The molecule has 0 aliphatic heterocycles. The highest BCUT2D eigenvalue weighted by molar-refractivity contribution is 5.91. The lowest BCUT2D eigenvalue weighted by molar-refractivity contribution is -0.130. The zero-order chi connectivity index (χ0) is 18.7. The molecule has 0 aromatic carbocycles. The summed E-state index contributed by atoms with van der Waals surface area (Å²) in [6.07, 6.45) is 1.37. The van der Waals surface area contributed by atoms with Crippen molar-refractivity contribution in [2.75, 3.05) is 19.6 Å². The molecular formula is C15H28N4O5. The van der Waals surface area contributed by atoms with E-state index in [0.29, 0.717) is 19.3 Å². The van der Waals surface area contributed by atoms with Crippen LogP contribution in [0.3, 0.4) is 0 Å². The van der Waals surface area contributed by atoms with E-state index in [9.17, 15) is 24.3 Å². The van der Waals surface area contributed by atoms with Gasteiger partial charge in [0.05, 0.1) is 6.10 Å². The highest BCUT2D eigenvalue weighted by atomic mass is 16.3. The molecule has 0 aliphatic rings. The van der Waals surface area contributed by atoms with Crippen molar-refractivity contribution in [1.29, 1.82) is 0 Å². The molecular weight excluding hydrogens is 316 g/mol. The van der Waals surface area contributed by atoms with Gasteiger partial charge in [-0.15, -0.1) is 0 Å². The Labute approximate surface area is 142 Å². The third kappa shape index (κ3) is 7.40. The van der Waals surface area contributed by atoms with Crippen molar-refractivity contribution >= 4 is 24.3 Å². The number of carbonyl (C=O) groups is 4. The number of carbonyl (C=O) groups excluding carboxylic acids is 4. The van der Waals surface area contributed by atoms with E-state index in [-0.39, 0.29) is 19.6 Å². The maximum Gasteiger partial charge on any atom is 0.326 e. The molecule has 4 N–H and O–H groups in total. The Bertz CT molecular complexity index is 442. The van der Waals surface area contributed by atoms with Gasteiger partial charge in [-0.05, 0) is 19.8 Å². The molecule has 0 heterocycles. The number of unbranched alkanes of at least 4 members (excludes halogenated alkanes) is 1. The van der Waals surface area contributed by atoms with Gasteiger partial charge in [0, 0.05) is 13.1 Å². The number of rotatable bonds is 11. The average Bonchev–Trinajstić information content (AvgIpc) is 2.52. The maximum atomic E-state index is 12.4. The van der Waals surface area contributed by atoms with E-state index >= 15 is 0 Å². The monoisotopic (exact) mass is 344 g/mol. The van der Waals surface area contributed by atoms with Crippen LogP contribution in [0.15, 0.2) is 0 Å². The van der Waals surface area contributed by atoms with Crippen LogP contribution >= 0.6 is 0 Å². The molecule has 0 saturated heterocycles.